The Morgan fingerprint density at radius 2 is 2.15 bits per heavy atom. The van der Waals surface area contributed by atoms with Crippen LogP contribution in [0.5, 0.6) is 0 Å². The van der Waals surface area contributed by atoms with Crippen LogP contribution in [0.3, 0.4) is 0 Å². The summed E-state index contributed by atoms with van der Waals surface area (Å²) in [6.07, 6.45) is -0.260. The molecule has 2 atom stereocenters. The van der Waals surface area contributed by atoms with Gasteiger partial charge in [0.1, 0.15) is 12.2 Å². The van der Waals surface area contributed by atoms with Gasteiger partial charge in [0.25, 0.3) is 0 Å². The summed E-state index contributed by atoms with van der Waals surface area (Å²) in [4.78, 5) is 0. The monoisotopic (exact) mass is 175 g/mol. The average molecular weight is 175 g/mol. The van der Waals surface area contributed by atoms with Gasteiger partial charge in [-0.15, -0.1) is 0 Å². The first-order valence-electron chi connectivity index (χ1n) is 4.07. The quantitative estimate of drug-likeness (QED) is 0.682. The van der Waals surface area contributed by atoms with Crippen molar-refractivity contribution in [3.63, 3.8) is 0 Å². The van der Waals surface area contributed by atoms with Crippen LogP contribution in [0.2, 0.25) is 0 Å². The number of hydrogen-bond donors (Lipinski definition) is 1. The SMILES string of the molecule is N#CC1(CO)OC1c1ccccc1. The summed E-state index contributed by atoms with van der Waals surface area (Å²) in [6.45, 7) is -0.247. The second-order valence-corrected chi connectivity index (χ2v) is 3.07. The summed E-state index contributed by atoms with van der Waals surface area (Å²) in [7, 11) is 0. The number of benzene rings is 1. The molecular weight excluding hydrogens is 166 g/mol. The van der Waals surface area contributed by atoms with E-state index in [0.717, 1.165) is 5.56 Å². The Morgan fingerprint density at radius 1 is 1.46 bits per heavy atom. The Bertz CT molecular complexity index is 344. The molecule has 2 unspecified atom stereocenters. The number of ether oxygens (including phenoxy) is 1. The minimum absolute atomic E-state index is 0.247. The van der Waals surface area contributed by atoms with Crippen LogP contribution in [-0.4, -0.2) is 17.3 Å². The Labute approximate surface area is 76.2 Å². The van der Waals surface area contributed by atoms with Crippen LogP contribution < -0.4 is 0 Å². The maximum atomic E-state index is 8.94. The molecule has 1 saturated heterocycles. The van der Waals surface area contributed by atoms with Gasteiger partial charge in [-0.2, -0.15) is 5.26 Å². The van der Waals surface area contributed by atoms with E-state index in [1.807, 2.05) is 36.4 Å². The smallest absolute Gasteiger partial charge is 0.208 e. The maximum Gasteiger partial charge on any atom is 0.208 e. The summed E-state index contributed by atoms with van der Waals surface area (Å²) in [6, 6.07) is 11.4. The van der Waals surface area contributed by atoms with Gasteiger partial charge in [0.2, 0.25) is 5.60 Å². The molecule has 1 fully saturated rings. The van der Waals surface area contributed by atoms with Gasteiger partial charge in [-0.25, -0.2) is 0 Å². The molecule has 0 spiro atoms. The first kappa shape index (κ1) is 8.24. The number of rotatable bonds is 2. The standard InChI is InChI=1S/C10H9NO2/c11-6-10(7-12)9(13-10)8-4-2-1-3-5-8/h1-5,9,12H,7H2. The molecule has 13 heavy (non-hydrogen) atoms. The van der Waals surface area contributed by atoms with Gasteiger partial charge in [0.05, 0.1) is 6.61 Å². The minimum Gasteiger partial charge on any atom is -0.392 e. The zero-order valence-corrected chi connectivity index (χ0v) is 6.97. The molecule has 1 aliphatic rings. The normalized spacial score (nSPS) is 30.9. The Kier molecular flexibility index (Phi) is 1.80. The molecule has 66 valence electrons. The van der Waals surface area contributed by atoms with Crippen LogP contribution in [0.15, 0.2) is 30.3 Å². The first-order valence-corrected chi connectivity index (χ1v) is 4.07. The highest BCUT2D eigenvalue weighted by atomic mass is 16.6. The first-order chi connectivity index (χ1) is 6.32. The Balaban J connectivity index is 2.21. The number of nitrogens with zero attached hydrogens (tertiary/aromatic N) is 1. The van der Waals surface area contributed by atoms with Gasteiger partial charge in [-0.05, 0) is 5.56 Å². The lowest BCUT2D eigenvalue weighted by Gasteiger charge is -1.97. The second kappa shape index (κ2) is 2.84. The lowest BCUT2D eigenvalue weighted by Crippen LogP contribution is -2.14. The number of aliphatic hydroxyl groups is 1. The van der Waals surface area contributed by atoms with E-state index in [2.05, 4.69) is 0 Å². The van der Waals surface area contributed by atoms with Gasteiger partial charge in [0.15, 0.2) is 0 Å². The van der Waals surface area contributed by atoms with E-state index in [9.17, 15) is 0 Å². The van der Waals surface area contributed by atoms with Crippen molar-refractivity contribution in [1.29, 1.82) is 5.26 Å². The van der Waals surface area contributed by atoms with Crippen LogP contribution in [0, 0.1) is 11.3 Å². The van der Waals surface area contributed by atoms with E-state index in [1.165, 1.54) is 0 Å². The number of hydrogen-bond acceptors (Lipinski definition) is 3. The van der Waals surface area contributed by atoms with E-state index in [-0.39, 0.29) is 12.7 Å². The van der Waals surface area contributed by atoms with Crippen molar-refractivity contribution in [1.82, 2.24) is 0 Å². The molecule has 3 nitrogen and oxygen atoms in total. The molecule has 2 rings (SSSR count). The van der Waals surface area contributed by atoms with Crippen molar-refractivity contribution in [3.8, 4) is 6.07 Å². The molecule has 1 aromatic rings. The topological polar surface area (TPSA) is 56.5 Å². The predicted molar refractivity (Wildman–Crippen MR) is 45.7 cm³/mol. The fourth-order valence-electron chi connectivity index (χ4n) is 1.38. The maximum absolute atomic E-state index is 8.94. The summed E-state index contributed by atoms with van der Waals surface area (Å²) in [5.74, 6) is 0. The lowest BCUT2D eigenvalue weighted by molar-refractivity contribution is 0.206. The van der Waals surface area contributed by atoms with Crippen molar-refractivity contribution in [2.24, 2.45) is 0 Å². The molecular formula is C10H9NO2. The fourth-order valence-corrected chi connectivity index (χ4v) is 1.38. The van der Waals surface area contributed by atoms with Gasteiger partial charge >= 0.3 is 0 Å². The Morgan fingerprint density at radius 3 is 2.62 bits per heavy atom. The van der Waals surface area contributed by atoms with Crippen LogP contribution in [-0.2, 0) is 4.74 Å². The van der Waals surface area contributed by atoms with Crippen LogP contribution in [0.25, 0.3) is 0 Å². The third-order valence-electron chi connectivity index (χ3n) is 2.22. The summed E-state index contributed by atoms with van der Waals surface area (Å²) in [5, 5.41) is 17.7. The zero-order valence-electron chi connectivity index (χ0n) is 6.97. The molecule has 1 N–H and O–H groups in total. The van der Waals surface area contributed by atoms with Crippen molar-refractivity contribution in [2.45, 2.75) is 11.7 Å². The summed E-state index contributed by atoms with van der Waals surface area (Å²) >= 11 is 0. The van der Waals surface area contributed by atoms with Crippen molar-refractivity contribution >= 4 is 0 Å². The second-order valence-electron chi connectivity index (χ2n) is 3.07. The molecule has 1 aliphatic heterocycles. The molecule has 3 heteroatoms. The van der Waals surface area contributed by atoms with E-state index in [0.29, 0.717) is 0 Å². The van der Waals surface area contributed by atoms with Crippen molar-refractivity contribution in [2.75, 3.05) is 6.61 Å². The molecule has 1 aromatic carbocycles. The molecule has 0 bridgehead atoms. The van der Waals surface area contributed by atoms with Crippen molar-refractivity contribution in [3.05, 3.63) is 35.9 Å². The molecule has 0 aliphatic carbocycles. The van der Waals surface area contributed by atoms with Gasteiger partial charge in [-0.1, -0.05) is 30.3 Å². The van der Waals surface area contributed by atoms with E-state index in [1.54, 1.807) is 0 Å². The lowest BCUT2D eigenvalue weighted by atomic mass is 10.0. The highest BCUT2D eigenvalue weighted by Crippen LogP contribution is 2.48. The average Bonchev–Trinajstić information content (AvgIpc) is 2.95. The van der Waals surface area contributed by atoms with Crippen LogP contribution in [0.1, 0.15) is 11.7 Å². The highest BCUT2D eigenvalue weighted by Gasteiger charge is 2.57. The van der Waals surface area contributed by atoms with Crippen LogP contribution in [0.4, 0.5) is 0 Å². The number of epoxide rings is 1. The molecule has 0 amide bonds. The third-order valence-corrected chi connectivity index (χ3v) is 2.22. The van der Waals surface area contributed by atoms with E-state index >= 15 is 0 Å². The van der Waals surface area contributed by atoms with Gasteiger partial charge < -0.3 is 9.84 Å². The molecule has 0 aromatic heterocycles. The van der Waals surface area contributed by atoms with Crippen LogP contribution >= 0.6 is 0 Å². The molecule has 0 saturated carbocycles. The van der Waals surface area contributed by atoms with Gasteiger partial charge in [-0.3, -0.25) is 0 Å². The number of nitriles is 1. The number of aliphatic hydroxyl groups excluding tert-OH is 1. The Hall–Kier alpha value is -1.37. The summed E-state index contributed by atoms with van der Waals surface area (Å²) in [5.41, 5.74) is -0.0421. The van der Waals surface area contributed by atoms with Crippen molar-refractivity contribution < 1.29 is 9.84 Å². The molecule has 1 heterocycles. The minimum atomic E-state index is -0.985. The summed E-state index contributed by atoms with van der Waals surface area (Å²) < 4.78 is 5.18. The van der Waals surface area contributed by atoms with E-state index in [4.69, 9.17) is 15.1 Å². The molecule has 0 radical (unpaired) electrons. The van der Waals surface area contributed by atoms with E-state index < -0.39 is 5.60 Å². The zero-order chi connectivity index (χ0) is 9.31. The largest absolute Gasteiger partial charge is 0.392 e. The fraction of sp³-hybridized carbons (Fsp3) is 0.300. The predicted octanol–water partition coefficient (Wildman–Crippen LogP) is 1.01. The van der Waals surface area contributed by atoms with Gasteiger partial charge in [0, 0.05) is 0 Å². The third kappa shape index (κ3) is 1.21. The highest BCUT2D eigenvalue weighted by molar-refractivity contribution is 5.31.